The van der Waals surface area contributed by atoms with E-state index < -0.39 is 5.41 Å². The molecule has 8 aromatic rings. The summed E-state index contributed by atoms with van der Waals surface area (Å²) < 4.78 is 6.99. The lowest BCUT2D eigenvalue weighted by molar-refractivity contribution is 0.645. The van der Waals surface area contributed by atoms with E-state index in [-0.39, 0.29) is 5.41 Å². The monoisotopic (exact) mass is 613 g/mol. The van der Waals surface area contributed by atoms with E-state index in [1.54, 1.807) is 0 Å². The molecule has 1 aromatic heterocycles. The van der Waals surface area contributed by atoms with Crippen molar-refractivity contribution in [3.63, 3.8) is 0 Å². The van der Waals surface area contributed by atoms with Crippen LogP contribution in [-0.2, 0) is 10.8 Å². The van der Waals surface area contributed by atoms with Gasteiger partial charge in [0, 0.05) is 27.4 Å². The lowest BCUT2D eigenvalue weighted by atomic mass is 9.64. The third-order valence-corrected chi connectivity index (χ3v) is 11.5. The first-order chi connectivity index (χ1) is 23.6. The average Bonchev–Trinajstić information content (AvgIpc) is 3.73. The maximum Gasteiger partial charge on any atom is 0.142 e. The Balaban J connectivity index is 1.29. The zero-order chi connectivity index (χ0) is 31.8. The van der Waals surface area contributed by atoms with Gasteiger partial charge in [-0.05, 0) is 86.5 Å². The summed E-state index contributed by atoms with van der Waals surface area (Å²) in [6, 6.07) is 56.1. The standard InChI is InChI=1S/C46H31NO/c1-45(2)35-17-7-3-13-29(35)32-24-23-28(27-39(32)45)47-40-21-11-10-20-38(40)46(36-18-8-4-14-30(36)31-15-5-9-19-37(31)46)43-41(47)26-25-34-33-16-6-12-22-42(33)48-44(34)43/h3-27H,1-2H3. The fraction of sp³-hybridized carbons (Fsp3) is 0.0870. The maximum absolute atomic E-state index is 6.99. The molecule has 1 spiro atoms. The van der Waals surface area contributed by atoms with Crippen molar-refractivity contribution in [3.8, 4) is 22.3 Å². The first kappa shape index (κ1) is 26.2. The summed E-state index contributed by atoms with van der Waals surface area (Å²) in [7, 11) is 0. The smallest absolute Gasteiger partial charge is 0.142 e. The van der Waals surface area contributed by atoms with E-state index in [4.69, 9.17) is 4.42 Å². The second-order valence-electron chi connectivity index (χ2n) is 14.0. The molecule has 7 aromatic carbocycles. The molecule has 0 saturated carbocycles. The second-order valence-corrected chi connectivity index (χ2v) is 14.0. The van der Waals surface area contributed by atoms with Gasteiger partial charge in [0.05, 0.1) is 16.8 Å². The Kier molecular flexibility index (Phi) is 4.88. The summed E-state index contributed by atoms with van der Waals surface area (Å²) in [5.74, 6) is 0. The Labute approximate surface area is 279 Å². The molecule has 0 saturated heterocycles. The molecular weight excluding hydrogens is 583 g/mol. The Hall–Kier alpha value is -5.86. The molecular formula is C46H31NO. The molecule has 0 atom stereocenters. The van der Waals surface area contributed by atoms with Gasteiger partial charge in [0.15, 0.2) is 0 Å². The number of rotatable bonds is 1. The number of furan rings is 1. The van der Waals surface area contributed by atoms with Gasteiger partial charge in [-0.3, -0.25) is 0 Å². The first-order valence-corrected chi connectivity index (χ1v) is 16.9. The largest absolute Gasteiger partial charge is 0.456 e. The summed E-state index contributed by atoms with van der Waals surface area (Å²) >= 11 is 0. The van der Waals surface area contributed by atoms with Crippen LogP contribution in [0.4, 0.5) is 17.1 Å². The van der Waals surface area contributed by atoms with E-state index >= 15 is 0 Å². The summed E-state index contributed by atoms with van der Waals surface area (Å²) in [5.41, 5.74) is 17.8. The van der Waals surface area contributed by atoms with Gasteiger partial charge in [-0.15, -0.1) is 0 Å². The minimum atomic E-state index is -0.560. The number of fused-ring (bicyclic) bond motifs is 16. The number of hydrogen-bond donors (Lipinski definition) is 0. The number of hydrogen-bond acceptors (Lipinski definition) is 2. The van der Waals surface area contributed by atoms with E-state index in [0.29, 0.717) is 0 Å². The van der Waals surface area contributed by atoms with E-state index in [0.717, 1.165) is 33.3 Å². The van der Waals surface area contributed by atoms with Crippen LogP contribution in [-0.4, -0.2) is 0 Å². The third kappa shape index (κ3) is 3.00. The van der Waals surface area contributed by atoms with Crippen molar-refractivity contribution in [3.05, 3.63) is 185 Å². The van der Waals surface area contributed by atoms with Crippen molar-refractivity contribution >= 4 is 39.0 Å². The van der Waals surface area contributed by atoms with Gasteiger partial charge in [-0.25, -0.2) is 0 Å². The van der Waals surface area contributed by atoms with Crippen LogP contribution in [0.1, 0.15) is 47.2 Å². The summed E-state index contributed by atoms with van der Waals surface area (Å²) in [5, 5.41) is 2.29. The summed E-state index contributed by atoms with van der Waals surface area (Å²) in [4.78, 5) is 2.49. The molecule has 0 unspecified atom stereocenters. The average molecular weight is 614 g/mol. The normalized spacial score (nSPS) is 15.6. The van der Waals surface area contributed by atoms with Crippen molar-refractivity contribution < 1.29 is 4.42 Å². The summed E-state index contributed by atoms with van der Waals surface area (Å²) in [6.07, 6.45) is 0. The highest BCUT2D eigenvalue weighted by Crippen LogP contribution is 2.65. The van der Waals surface area contributed by atoms with Gasteiger partial charge < -0.3 is 9.32 Å². The predicted molar refractivity (Wildman–Crippen MR) is 197 cm³/mol. The van der Waals surface area contributed by atoms with Gasteiger partial charge >= 0.3 is 0 Å². The van der Waals surface area contributed by atoms with Crippen LogP contribution in [0, 0.1) is 0 Å². The molecule has 0 fully saturated rings. The van der Waals surface area contributed by atoms with Gasteiger partial charge in [0.25, 0.3) is 0 Å². The molecule has 226 valence electrons. The number of para-hydroxylation sites is 2. The fourth-order valence-corrected chi connectivity index (χ4v) is 9.48. The number of benzene rings is 7. The van der Waals surface area contributed by atoms with E-state index in [1.807, 2.05) is 0 Å². The fourth-order valence-electron chi connectivity index (χ4n) is 9.48. The molecule has 0 radical (unpaired) electrons. The van der Waals surface area contributed by atoms with Crippen molar-refractivity contribution in [2.45, 2.75) is 24.7 Å². The van der Waals surface area contributed by atoms with Gasteiger partial charge in [-0.1, -0.05) is 129 Å². The van der Waals surface area contributed by atoms with Crippen molar-refractivity contribution in [2.75, 3.05) is 4.90 Å². The summed E-state index contributed by atoms with van der Waals surface area (Å²) in [6.45, 7) is 4.72. The molecule has 11 rings (SSSR count). The molecule has 2 aliphatic carbocycles. The SMILES string of the molecule is CC1(C)c2ccccc2-c2ccc(N3c4ccccc4C4(c5ccccc5-c5ccccc54)c4c3ccc3c4oc4ccccc43)cc21. The molecule has 1 aliphatic heterocycles. The molecule has 2 nitrogen and oxygen atoms in total. The van der Waals surface area contributed by atoms with Crippen LogP contribution < -0.4 is 4.90 Å². The third-order valence-electron chi connectivity index (χ3n) is 11.5. The van der Waals surface area contributed by atoms with Gasteiger partial charge in [0.2, 0.25) is 0 Å². The van der Waals surface area contributed by atoms with Gasteiger partial charge in [0.1, 0.15) is 11.2 Å². The van der Waals surface area contributed by atoms with Crippen LogP contribution >= 0.6 is 0 Å². The lowest BCUT2D eigenvalue weighted by Gasteiger charge is -2.45. The quantitative estimate of drug-likeness (QED) is 0.183. The Bertz CT molecular complexity index is 2630. The van der Waals surface area contributed by atoms with Crippen LogP contribution in [0.2, 0.25) is 0 Å². The first-order valence-electron chi connectivity index (χ1n) is 16.9. The zero-order valence-corrected chi connectivity index (χ0v) is 26.8. The second kappa shape index (κ2) is 8.93. The minimum Gasteiger partial charge on any atom is -0.456 e. The van der Waals surface area contributed by atoms with Crippen LogP contribution in [0.25, 0.3) is 44.2 Å². The van der Waals surface area contributed by atoms with E-state index in [9.17, 15) is 0 Å². The molecule has 2 heteroatoms. The highest BCUT2D eigenvalue weighted by molar-refractivity contribution is 6.11. The van der Waals surface area contributed by atoms with Gasteiger partial charge in [-0.2, -0.15) is 0 Å². The highest BCUT2D eigenvalue weighted by Gasteiger charge is 2.53. The molecule has 0 N–H and O–H groups in total. The molecule has 48 heavy (non-hydrogen) atoms. The zero-order valence-electron chi connectivity index (χ0n) is 26.8. The number of nitrogens with zero attached hydrogens (tertiary/aromatic N) is 1. The minimum absolute atomic E-state index is 0.104. The van der Waals surface area contributed by atoms with Crippen molar-refractivity contribution in [1.82, 2.24) is 0 Å². The Morgan fingerprint density at radius 3 is 1.79 bits per heavy atom. The Morgan fingerprint density at radius 2 is 1.04 bits per heavy atom. The van der Waals surface area contributed by atoms with Crippen molar-refractivity contribution in [2.24, 2.45) is 0 Å². The molecule has 2 heterocycles. The van der Waals surface area contributed by atoms with E-state index in [2.05, 4.69) is 170 Å². The van der Waals surface area contributed by atoms with Crippen LogP contribution in [0.5, 0.6) is 0 Å². The molecule has 3 aliphatic rings. The molecule has 0 bridgehead atoms. The van der Waals surface area contributed by atoms with Crippen LogP contribution in [0.15, 0.2) is 156 Å². The van der Waals surface area contributed by atoms with Crippen LogP contribution in [0.3, 0.4) is 0 Å². The maximum atomic E-state index is 6.99. The highest BCUT2D eigenvalue weighted by atomic mass is 16.3. The predicted octanol–water partition coefficient (Wildman–Crippen LogP) is 12.0. The lowest BCUT2D eigenvalue weighted by Crippen LogP contribution is -2.36. The topological polar surface area (TPSA) is 16.4 Å². The molecule has 0 amide bonds. The number of anilines is 3. The Morgan fingerprint density at radius 1 is 0.458 bits per heavy atom. The van der Waals surface area contributed by atoms with Crippen molar-refractivity contribution in [1.29, 1.82) is 0 Å². The van der Waals surface area contributed by atoms with E-state index in [1.165, 1.54) is 61.3 Å².